The molecule has 2 aromatic heterocycles. The Morgan fingerprint density at radius 3 is 2.50 bits per heavy atom. The number of nitrogens with one attached hydrogen (secondary N) is 3. The van der Waals surface area contributed by atoms with E-state index in [1.54, 1.807) is 19.1 Å². The SMILES string of the molecule is CCNc1nc(Nc2ccc(C(O)N3CCC(N4CCN(C)CC4)CC3)cc2OC)nc2[nH]cc(C(F)(F)F)c12. The van der Waals surface area contributed by atoms with E-state index >= 15 is 0 Å². The fourth-order valence-corrected chi connectivity index (χ4v) is 5.59. The molecule has 218 valence electrons. The minimum atomic E-state index is -4.54. The lowest BCUT2D eigenvalue weighted by Gasteiger charge is -2.43. The smallest absolute Gasteiger partial charge is 0.418 e. The van der Waals surface area contributed by atoms with Crippen molar-refractivity contribution >= 4 is 28.5 Å². The van der Waals surface area contributed by atoms with Gasteiger partial charge in [0, 0.05) is 58.1 Å². The quantitative estimate of drug-likeness (QED) is 0.326. The van der Waals surface area contributed by atoms with Crippen molar-refractivity contribution in [2.24, 2.45) is 0 Å². The zero-order valence-electron chi connectivity index (χ0n) is 23.1. The second-order valence-electron chi connectivity index (χ2n) is 10.4. The zero-order chi connectivity index (χ0) is 28.4. The number of alkyl halides is 3. The van der Waals surface area contributed by atoms with E-state index in [1.807, 2.05) is 6.07 Å². The summed E-state index contributed by atoms with van der Waals surface area (Å²) in [6.45, 7) is 8.15. The largest absolute Gasteiger partial charge is 0.495 e. The highest BCUT2D eigenvalue weighted by Gasteiger charge is 2.36. The molecule has 0 saturated carbocycles. The summed E-state index contributed by atoms with van der Waals surface area (Å²) in [6, 6.07) is 5.88. The standard InChI is InChI=1S/C27H37F3N8O2/c1-4-31-23-22-19(27(28,29)30)16-32-24(22)35-26(34-23)33-20-6-5-17(15-21(20)40-3)25(39)38-9-7-18(8-10-38)37-13-11-36(2)12-14-37/h5-6,15-16,18,25,39H,4,7-14H2,1-3H3,(H3,31,32,33,34,35). The van der Waals surface area contributed by atoms with Gasteiger partial charge in [0.15, 0.2) is 0 Å². The van der Waals surface area contributed by atoms with E-state index < -0.39 is 18.0 Å². The number of likely N-dealkylation sites (N-methyl/N-ethyl adjacent to an activating group) is 1. The van der Waals surface area contributed by atoms with Gasteiger partial charge in [-0.25, -0.2) is 0 Å². The summed E-state index contributed by atoms with van der Waals surface area (Å²) in [5, 5.41) is 17.0. The Hall–Kier alpha value is -3.13. The minimum absolute atomic E-state index is 0.0618. The molecule has 2 aliphatic heterocycles. The first-order valence-electron chi connectivity index (χ1n) is 13.7. The molecule has 13 heteroatoms. The van der Waals surface area contributed by atoms with Crippen molar-refractivity contribution in [3.05, 3.63) is 35.5 Å². The van der Waals surface area contributed by atoms with Gasteiger partial charge in [0.25, 0.3) is 0 Å². The maximum Gasteiger partial charge on any atom is 0.418 e. The molecule has 0 amide bonds. The van der Waals surface area contributed by atoms with E-state index in [2.05, 4.69) is 47.3 Å². The second-order valence-corrected chi connectivity index (χ2v) is 10.4. The van der Waals surface area contributed by atoms with Gasteiger partial charge in [-0.2, -0.15) is 23.1 Å². The monoisotopic (exact) mass is 562 g/mol. The fraction of sp³-hybridized carbons (Fsp3) is 0.556. The average Bonchev–Trinajstić information content (AvgIpc) is 3.39. The van der Waals surface area contributed by atoms with Gasteiger partial charge in [-0.15, -0.1) is 0 Å². The predicted octanol–water partition coefficient (Wildman–Crippen LogP) is 3.86. The summed E-state index contributed by atoms with van der Waals surface area (Å²) in [6.07, 6.45) is -2.39. The van der Waals surface area contributed by atoms with Crippen LogP contribution in [0.1, 0.15) is 37.1 Å². The number of anilines is 3. The van der Waals surface area contributed by atoms with Crippen molar-refractivity contribution in [3.63, 3.8) is 0 Å². The van der Waals surface area contributed by atoms with Gasteiger partial charge in [0.2, 0.25) is 5.95 Å². The van der Waals surface area contributed by atoms with Crippen LogP contribution >= 0.6 is 0 Å². The summed E-state index contributed by atoms with van der Waals surface area (Å²) in [7, 11) is 3.68. The molecule has 1 aromatic carbocycles. The number of benzene rings is 1. The Labute approximate surface area is 231 Å². The van der Waals surface area contributed by atoms with Crippen molar-refractivity contribution in [3.8, 4) is 5.75 Å². The summed E-state index contributed by atoms with van der Waals surface area (Å²) >= 11 is 0. The molecule has 0 aliphatic carbocycles. The van der Waals surface area contributed by atoms with Crippen LogP contribution in [0, 0.1) is 0 Å². The Balaban J connectivity index is 1.30. The number of aliphatic hydroxyl groups is 1. The van der Waals surface area contributed by atoms with Crippen molar-refractivity contribution < 1.29 is 23.0 Å². The van der Waals surface area contributed by atoms with E-state index in [-0.39, 0.29) is 22.8 Å². The number of aliphatic hydroxyl groups excluding tert-OH is 1. The average molecular weight is 563 g/mol. The van der Waals surface area contributed by atoms with Crippen LogP contribution in [0.2, 0.25) is 0 Å². The number of methoxy groups -OCH3 is 1. The molecule has 2 fully saturated rings. The Kier molecular flexibility index (Phi) is 8.36. The molecule has 40 heavy (non-hydrogen) atoms. The molecular weight excluding hydrogens is 525 g/mol. The van der Waals surface area contributed by atoms with Crippen LogP contribution in [0.5, 0.6) is 5.75 Å². The molecule has 2 saturated heterocycles. The number of nitrogens with zero attached hydrogens (tertiary/aromatic N) is 5. The highest BCUT2D eigenvalue weighted by atomic mass is 19.4. The molecule has 4 heterocycles. The molecule has 0 spiro atoms. The third-order valence-electron chi connectivity index (χ3n) is 7.85. The number of rotatable bonds is 8. The maximum atomic E-state index is 13.5. The van der Waals surface area contributed by atoms with Crippen LogP contribution in [-0.4, -0.2) is 101 Å². The Bertz CT molecular complexity index is 1300. The number of piperidine rings is 1. The number of fused-ring (bicyclic) bond motifs is 1. The van der Waals surface area contributed by atoms with E-state index in [4.69, 9.17) is 4.74 Å². The molecular formula is C27H37F3N8O2. The molecule has 5 rings (SSSR count). The Morgan fingerprint density at radius 1 is 1.12 bits per heavy atom. The van der Waals surface area contributed by atoms with Gasteiger partial charge in [-0.05, 0) is 44.5 Å². The summed E-state index contributed by atoms with van der Waals surface area (Å²) in [5.41, 5.74) is 0.459. The normalized spacial score (nSPS) is 19.2. The molecule has 10 nitrogen and oxygen atoms in total. The number of piperazine rings is 1. The van der Waals surface area contributed by atoms with E-state index in [1.165, 1.54) is 7.11 Å². The summed E-state index contributed by atoms with van der Waals surface area (Å²) in [4.78, 5) is 18.2. The van der Waals surface area contributed by atoms with Crippen molar-refractivity contribution in [1.29, 1.82) is 0 Å². The van der Waals surface area contributed by atoms with Gasteiger partial charge >= 0.3 is 6.18 Å². The number of aromatic nitrogens is 3. The minimum Gasteiger partial charge on any atom is -0.495 e. The number of aromatic amines is 1. The van der Waals surface area contributed by atoms with Crippen molar-refractivity contribution in [1.82, 2.24) is 29.7 Å². The van der Waals surface area contributed by atoms with E-state index in [9.17, 15) is 18.3 Å². The molecule has 1 unspecified atom stereocenters. The van der Waals surface area contributed by atoms with Crippen molar-refractivity contribution in [2.45, 2.75) is 38.2 Å². The lowest BCUT2D eigenvalue weighted by molar-refractivity contribution is -0.136. The second kappa shape index (κ2) is 11.8. The van der Waals surface area contributed by atoms with Gasteiger partial charge in [0.05, 0.1) is 23.7 Å². The van der Waals surface area contributed by atoms with Crippen LogP contribution in [0.4, 0.5) is 30.6 Å². The highest BCUT2D eigenvalue weighted by molar-refractivity contribution is 5.92. The van der Waals surface area contributed by atoms with Gasteiger partial charge in [-0.1, -0.05) is 6.07 Å². The third kappa shape index (κ3) is 5.97. The highest BCUT2D eigenvalue weighted by Crippen LogP contribution is 2.38. The summed E-state index contributed by atoms with van der Waals surface area (Å²) in [5.74, 6) is 0.645. The predicted molar refractivity (Wildman–Crippen MR) is 148 cm³/mol. The number of ether oxygens (including phenoxy) is 1. The van der Waals surface area contributed by atoms with Gasteiger partial charge < -0.3 is 30.4 Å². The molecule has 2 aliphatic rings. The number of hydrogen-bond acceptors (Lipinski definition) is 9. The fourth-order valence-electron chi connectivity index (χ4n) is 5.59. The number of H-pyrrole nitrogens is 1. The van der Waals surface area contributed by atoms with Gasteiger partial charge in [-0.3, -0.25) is 9.80 Å². The van der Waals surface area contributed by atoms with Crippen LogP contribution in [0.3, 0.4) is 0 Å². The molecule has 4 N–H and O–H groups in total. The molecule has 0 bridgehead atoms. The van der Waals surface area contributed by atoms with E-state index in [0.717, 1.165) is 58.3 Å². The number of likely N-dealkylation sites (tertiary alicyclic amines) is 1. The lowest BCUT2D eigenvalue weighted by Crippen LogP contribution is -2.52. The first kappa shape index (κ1) is 28.4. The first-order valence-corrected chi connectivity index (χ1v) is 13.7. The molecule has 0 radical (unpaired) electrons. The van der Waals surface area contributed by atoms with Gasteiger partial charge in [0.1, 0.15) is 23.4 Å². The van der Waals surface area contributed by atoms with Crippen molar-refractivity contribution in [2.75, 3.05) is 70.6 Å². The number of hydrogen-bond donors (Lipinski definition) is 4. The summed E-state index contributed by atoms with van der Waals surface area (Å²) < 4.78 is 46.1. The van der Waals surface area contributed by atoms with Crippen LogP contribution in [-0.2, 0) is 6.18 Å². The maximum absolute atomic E-state index is 13.5. The van der Waals surface area contributed by atoms with Crippen LogP contribution in [0.15, 0.2) is 24.4 Å². The number of halogens is 3. The zero-order valence-corrected chi connectivity index (χ0v) is 23.1. The first-order chi connectivity index (χ1) is 19.2. The van der Waals surface area contributed by atoms with Crippen LogP contribution in [0.25, 0.3) is 11.0 Å². The molecule has 1 atom stereocenters. The lowest BCUT2D eigenvalue weighted by atomic mass is 10.0. The topological polar surface area (TPSA) is 105 Å². The third-order valence-corrected chi connectivity index (χ3v) is 7.85. The Morgan fingerprint density at radius 2 is 1.85 bits per heavy atom. The van der Waals surface area contributed by atoms with E-state index in [0.29, 0.717) is 29.6 Å². The molecule has 3 aromatic rings. The van der Waals surface area contributed by atoms with Crippen LogP contribution < -0.4 is 15.4 Å².